The number of nitrogens with one attached hydrogen (secondary N) is 1. The molecule has 0 saturated heterocycles. The van der Waals surface area contributed by atoms with Crippen LogP contribution in [0.2, 0.25) is 0 Å². The predicted octanol–water partition coefficient (Wildman–Crippen LogP) is 4.63. The summed E-state index contributed by atoms with van der Waals surface area (Å²) in [4.78, 5) is 2.73. The number of anilines is 1. The largest absolute Gasteiger partial charge is 0.508 e. The number of aromatic hydroxyl groups is 1. The van der Waals surface area contributed by atoms with Gasteiger partial charge < -0.3 is 15.3 Å². The molecular weight excluding hydrogens is 272 g/mol. The fourth-order valence-electron chi connectivity index (χ4n) is 3.41. The minimum Gasteiger partial charge on any atom is -0.508 e. The summed E-state index contributed by atoms with van der Waals surface area (Å²) < 4.78 is 0. The summed E-state index contributed by atoms with van der Waals surface area (Å²) >= 11 is 0. The van der Waals surface area contributed by atoms with Crippen molar-refractivity contribution in [3.63, 3.8) is 0 Å². The minimum atomic E-state index is 0.333. The second-order valence-corrected chi connectivity index (χ2v) is 6.60. The molecular formula is C19H32N2O. The van der Waals surface area contributed by atoms with Crippen LogP contribution in [0.1, 0.15) is 58.8 Å². The third-order valence-electron chi connectivity index (χ3n) is 4.76. The highest BCUT2D eigenvalue weighted by atomic mass is 16.3. The van der Waals surface area contributed by atoms with Crippen molar-refractivity contribution in [2.24, 2.45) is 0 Å². The number of nitrogens with zero attached hydrogens (tertiary/aromatic N) is 1. The van der Waals surface area contributed by atoms with Crippen LogP contribution in [0.5, 0.6) is 5.75 Å². The summed E-state index contributed by atoms with van der Waals surface area (Å²) in [6.07, 6.45) is 9.00. The Kier molecular flexibility index (Phi) is 7.04. The van der Waals surface area contributed by atoms with Gasteiger partial charge in [0.25, 0.3) is 0 Å². The fourth-order valence-corrected chi connectivity index (χ4v) is 3.41. The van der Waals surface area contributed by atoms with Crippen molar-refractivity contribution in [3.05, 3.63) is 24.3 Å². The number of hydrogen-bond acceptors (Lipinski definition) is 3. The Morgan fingerprint density at radius 1 is 1.05 bits per heavy atom. The fraction of sp³-hybridized carbons (Fsp3) is 0.684. The first-order chi connectivity index (χ1) is 10.7. The van der Waals surface area contributed by atoms with E-state index in [0.29, 0.717) is 11.8 Å². The van der Waals surface area contributed by atoms with Gasteiger partial charge in [-0.15, -0.1) is 0 Å². The zero-order valence-electron chi connectivity index (χ0n) is 14.2. The van der Waals surface area contributed by atoms with Crippen LogP contribution in [0.25, 0.3) is 0 Å². The standard InChI is InChI=1S/C19H32N2O/c1-3-5-13-21(14-6-4-2)18-10-7-17(15-18)20-16-8-11-19(22)12-9-16/h8-9,11-12,17-18,20,22H,3-7,10,13-15H2,1-2H3. The number of phenols is 1. The van der Waals surface area contributed by atoms with Crippen LogP contribution in [0.15, 0.2) is 24.3 Å². The maximum absolute atomic E-state index is 9.36. The Labute approximate surface area is 135 Å². The summed E-state index contributed by atoms with van der Waals surface area (Å²) in [7, 11) is 0. The van der Waals surface area contributed by atoms with Gasteiger partial charge in [0.15, 0.2) is 0 Å². The molecule has 0 spiro atoms. The first-order valence-corrected chi connectivity index (χ1v) is 9.02. The van der Waals surface area contributed by atoms with Crippen molar-refractivity contribution in [2.75, 3.05) is 18.4 Å². The molecule has 1 aliphatic carbocycles. The number of phenolic OH excluding ortho intramolecular Hbond substituents is 1. The zero-order chi connectivity index (χ0) is 15.8. The summed E-state index contributed by atoms with van der Waals surface area (Å²) in [6, 6.07) is 8.75. The van der Waals surface area contributed by atoms with E-state index < -0.39 is 0 Å². The molecule has 0 radical (unpaired) electrons. The highest BCUT2D eigenvalue weighted by molar-refractivity contribution is 5.46. The molecule has 124 valence electrons. The number of rotatable bonds is 9. The monoisotopic (exact) mass is 304 g/mol. The first-order valence-electron chi connectivity index (χ1n) is 9.02. The molecule has 1 saturated carbocycles. The average molecular weight is 304 g/mol. The van der Waals surface area contributed by atoms with E-state index in [0.717, 1.165) is 11.7 Å². The molecule has 0 heterocycles. The van der Waals surface area contributed by atoms with Gasteiger partial charge in [0, 0.05) is 17.8 Å². The molecule has 0 bridgehead atoms. The van der Waals surface area contributed by atoms with Crippen molar-refractivity contribution in [1.82, 2.24) is 4.90 Å². The highest BCUT2D eigenvalue weighted by Crippen LogP contribution is 2.28. The van der Waals surface area contributed by atoms with Gasteiger partial charge >= 0.3 is 0 Å². The topological polar surface area (TPSA) is 35.5 Å². The zero-order valence-corrected chi connectivity index (χ0v) is 14.2. The molecule has 1 fully saturated rings. The third-order valence-corrected chi connectivity index (χ3v) is 4.76. The van der Waals surface area contributed by atoms with Crippen LogP contribution in [0.4, 0.5) is 5.69 Å². The van der Waals surface area contributed by atoms with Crippen LogP contribution in [0.3, 0.4) is 0 Å². The summed E-state index contributed by atoms with van der Waals surface area (Å²) in [5.74, 6) is 0.333. The van der Waals surface area contributed by atoms with Crippen molar-refractivity contribution in [2.45, 2.75) is 70.9 Å². The van der Waals surface area contributed by atoms with E-state index in [1.807, 2.05) is 12.1 Å². The second kappa shape index (κ2) is 9.04. The molecule has 3 nitrogen and oxygen atoms in total. The Morgan fingerprint density at radius 2 is 1.68 bits per heavy atom. The first kappa shape index (κ1) is 17.1. The molecule has 22 heavy (non-hydrogen) atoms. The Morgan fingerprint density at radius 3 is 2.27 bits per heavy atom. The second-order valence-electron chi connectivity index (χ2n) is 6.60. The lowest BCUT2D eigenvalue weighted by atomic mass is 10.1. The van der Waals surface area contributed by atoms with Crippen LogP contribution in [-0.4, -0.2) is 35.2 Å². The molecule has 1 aliphatic rings. The van der Waals surface area contributed by atoms with Crippen molar-refractivity contribution >= 4 is 5.69 Å². The molecule has 2 rings (SSSR count). The van der Waals surface area contributed by atoms with Crippen LogP contribution >= 0.6 is 0 Å². The van der Waals surface area contributed by atoms with E-state index in [-0.39, 0.29) is 0 Å². The SMILES string of the molecule is CCCCN(CCCC)C1CCC(Nc2ccc(O)cc2)C1. The van der Waals surface area contributed by atoms with Gasteiger partial charge in [0.2, 0.25) is 0 Å². The molecule has 2 N–H and O–H groups in total. The lowest BCUT2D eigenvalue weighted by Crippen LogP contribution is -2.36. The number of unbranched alkanes of at least 4 members (excludes halogenated alkanes) is 2. The van der Waals surface area contributed by atoms with E-state index >= 15 is 0 Å². The molecule has 3 heteroatoms. The summed E-state index contributed by atoms with van der Waals surface area (Å²) in [5.41, 5.74) is 1.12. The van der Waals surface area contributed by atoms with Crippen LogP contribution in [-0.2, 0) is 0 Å². The molecule has 1 aromatic carbocycles. The van der Waals surface area contributed by atoms with Gasteiger partial charge in [-0.05, 0) is 69.5 Å². The van der Waals surface area contributed by atoms with Crippen LogP contribution < -0.4 is 5.32 Å². The Bertz CT molecular complexity index is 410. The van der Waals surface area contributed by atoms with E-state index in [9.17, 15) is 5.11 Å². The molecule has 2 unspecified atom stereocenters. The van der Waals surface area contributed by atoms with E-state index in [1.54, 1.807) is 12.1 Å². The highest BCUT2D eigenvalue weighted by Gasteiger charge is 2.28. The maximum Gasteiger partial charge on any atom is 0.115 e. The van der Waals surface area contributed by atoms with E-state index in [2.05, 4.69) is 24.1 Å². The molecule has 0 aliphatic heterocycles. The smallest absolute Gasteiger partial charge is 0.115 e. The third kappa shape index (κ3) is 5.20. The lowest BCUT2D eigenvalue weighted by Gasteiger charge is -2.29. The minimum absolute atomic E-state index is 0.333. The van der Waals surface area contributed by atoms with Crippen molar-refractivity contribution < 1.29 is 5.11 Å². The maximum atomic E-state index is 9.36. The number of hydrogen-bond donors (Lipinski definition) is 2. The van der Waals surface area contributed by atoms with Gasteiger partial charge in [-0.1, -0.05) is 26.7 Å². The van der Waals surface area contributed by atoms with Crippen LogP contribution in [0, 0.1) is 0 Å². The molecule has 2 atom stereocenters. The quantitative estimate of drug-likeness (QED) is 0.653. The number of benzene rings is 1. The van der Waals surface area contributed by atoms with Crippen molar-refractivity contribution in [3.8, 4) is 5.75 Å². The molecule has 0 aromatic heterocycles. The lowest BCUT2D eigenvalue weighted by molar-refractivity contribution is 0.192. The van der Waals surface area contributed by atoms with Gasteiger partial charge in [-0.3, -0.25) is 0 Å². The van der Waals surface area contributed by atoms with Gasteiger partial charge in [-0.2, -0.15) is 0 Å². The molecule has 0 amide bonds. The predicted molar refractivity (Wildman–Crippen MR) is 94.5 cm³/mol. The van der Waals surface area contributed by atoms with E-state index in [4.69, 9.17) is 0 Å². The normalized spacial score (nSPS) is 21.4. The average Bonchev–Trinajstić information content (AvgIpc) is 2.98. The summed E-state index contributed by atoms with van der Waals surface area (Å²) in [6.45, 7) is 7.07. The van der Waals surface area contributed by atoms with Gasteiger partial charge in [-0.25, -0.2) is 0 Å². The molecule has 1 aromatic rings. The Hall–Kier alpha value is -1.22. The van der Waals surface area contributed by atoms with Gasteiger partial charge in [0.1, 0.15) is 5.75 Å². The van der Waals surface area contributed by atoms with Crippen molar-refractivity contribution in [1.29, 1.82) is 0 Å². The van der Waals surface area contributed by atoms with E-state index in [1.165, 1.54) is 58.0 Å². The van der Waals surface area contributed by atoms with Gasteiger partial charge in [0.05, 0.1) is 0 Å². The summed E-state index contributed by atoms with van der Waals surface area (Å²) in [5, 5.41) is 13.0. The Balaban J connectivity index is 1.84.